The Kier molecular flexibility index (Phi) is 4.21. The molecular weight excluding hydrogens is 263 g/mol. The van der Waals surface area contributed by atoms with E-state index in [1.165, 1.54) is 19.3 Å². The third kappa shape index (κ3) is 3.08. The van der Waals surface area contributed by atoms with Crippen molar-refractivity contribution in [3.05, 3.63) is 29.6 Å². The highest BCUT2D eigenvalue weighted by molar-refractivity contribution is 5.47. The molecule has 1 saturated carbocycles. The standard InChI is InChI=1S/C18H27FN2/c1-12(2)21-10-14-5-4-6-15(11-21)18(14)20-17-8-7-13(3)9-16(17)19/h7-9,12,14-15,18,20H,4-6,10-11H2,1-3H3. The fraction of sp³-hybridized carbons (Fsp3) is 0.667. The molecule has 1 aromatic carbocycles. The van der Waals surface area contributed by atoms with Crippen LogP contribution in [0.4, 0.5) is 10.1 Å². The van der Waals surface area contributed by atoms with Crippen LogP contribution >= 0.6 is 0 Å². The second-order valence-corrected chi connectivity index (χ2v) is 7.15. The fourth-order valence-corrected chi connectivity index (χ4v) is 4.05. The Balaban J connectivity index is 1.76. The summed E-state index contributed by atoms with van der Waals surface area (Å²) >= 11 is 0. The summed E-state index contributed by atoms with van der Waals surface area (Å²) in [6.45, 7) is 8.80. The van der Waals surface area contributed by atoms with Gasteiger partial charge in [-0.2, -0.15) is 0 Å². The summed E-state index contributed by atoms with van der Waals surface area (Å²) in [5.41, 5.74) is 1.66. The monoisotopic (exact) mass is 290 g/mol. The maximum absolute atomic E-state index is 14.1. The molecule has 1 aromatic rings. The van der Waals surface area contributed by atoms with E-state index in [2.05, 4.69) is 24.1 Å². The lowest BCUT2D eigenvalue weighted by atomic mass is 9.73. The lowest BCUT2D eigenvalue weighted by molar-refractivity contribution is 0.0517. The van der Waals surface area contributed by atoms with Crippen molar-refractivity contribution in [3.63, 3.8) is 0 Å². The number of anilines is 1. The molecule has 0 spiro atoms. The Hall–Kier alpha value is -1.09. The first-order chi connectivity index (χ1) is 10.0. The maximum Gasteiger partial charge on any atom is 0.146 e. The number of hydrogen-bond donors (Lipinski definition) is 1. The van der Waals surface area contributed by atoms with Gasteiger partial charge in [0.05, 0.1) is 5.69 Å². The summed E-state index contributed by atoms with van der Waals surface area (Å²) in [5, 5.41) is 3.54. The van der Waals surface area contributed by atoms with Crippen LogP contribution in [0, 0.1) is 24.6 Å². The summed E-state index contributed by atoms with van der Waals surface area (Å²) in [7, 11) is 0. The molecule has 0 radical (unpaired) electrons. The third-order valence-electron chi connectivity index (χ3n) is 5.28. The smallest absolute Gasteiger partial charge is 0.146 e. The first-order valence-electron chi connectivity index (χ1n) is 8.31. The van der Waals surface area contributed by atoms with E-state index < -0.39 is 0 Å². The summed E-state index contributed by atoms with van der Waals surface area (Å²) in [5.74, 6) is 1.19. The Morgan fingerprint density at radius 1 is 1.19 bits per heavy atom. The van der Waals surface area contributed by atoms with Gasteiger partial charge in [-0.05, 0) is 63.1 Å². The van der Waals surface area contributed by atoms with Crippen LogP contribution in [0.25, 0.3) is 0 Å². The lowest BCUT2D eigenvalue weighted by Gasteiger charge is -2.49. The van der Waals surface area contributed by atoms with Crippen LogP contribution < -0.4 is 5.32 Å². The number of piperidine rings is 1. The van der Waals surface area contributed by atoms with E-state index in [0.717, 1.165) is 18.7 Å². The lowest BCUT2D eigenvalue weighted by Crippen LogP contribution is -2.56. The van der Waals surface area contributed by atoms with Crippen molar-refractivity contribution >= 4 is 5.69 Å². The number of nitrogens with zero attached hydrogens (tertiary/aromatic N) is 1. The SMILES string of the molecule is Cc1ccc(NC2C3CCCC2CN(C(C)C)C3)c(F)c1. The van der Waals surface area contributed by atoms with Crippen LogP contribution in [0.15, 0.2) is 18.2 Å². The number of likely N-dealkylation sites (tertiary alicyclic amines) is 1. The number of halogens is 1. The van der Waals surface area contributed by atoms with Crippen molar-refractivity contribution < 1.29 is 4.39 Å². The van der Waals surface area contributed by atoms with Gasteiger partial charge in [-0.1, -0.05) is 12.5 Å². The number of fused-ring (bicyclic) bond motifs is 2. The van der Waals surface area contributed by atoms with Gasteiger partial charge >= 0.3 is 0 Å². The minimum absolute atomic E-state index is 0.112. The van der Waals surface area contributed by atoms with Crippen molar-refractivity contribution in [2.24, 2.45) is 11.8 Å². The second-order valence-electron chi connectivity index (χ2n) is 7.15. The zero-order chi connectivity index (χ0) is 15.0. The van der Waals surface area contributed by atoms with Gasteiger partial charge in [-0.25, -0.2) is 4.39 Å². The molecular formula is C18H27FN2. The molecule has 21 heavy (non-hydrogen) atoms. The molecule has 3 rings (SSSR count). The molecule has 0 aromatic heterocycles. The van der Waals surface area contributed by atoms with E-state index in [1.54, 1.807) is 6.07 Å². The van der Waals surface area contributed by atoms with Crippen LogP contribution in [0.3, 0.4) is 0 Å². The summed E-state index contributed by atoms with van der Waals surface area (Å²) in [4.78, 5) is 2.60. The minimum Gasteiger partial charge on any atom is -0.379 e. The van der Waals surface area contributed by atoms with Gasteiger partial charge in [0.2, 0.25) is 0 Å². The van der Waals surface area contributed by atoms with E-state index in [0.29, 0.717) is 29.6 Å². The zero-order valence-electron chi connectivity index (χ0n) is 13.4. The Labute approximate surface area is 127 Å². The summed E-state index contributed by atoms with van der Waals surface area (Å²) < 4.78 is 14.1. The predicted molar refractivity (Wildman–Crippen MR) is 86.1 cm³/mol. The first-order valence-corrected chi connectivity index (χ1v) is 8.31. The van der Waals surface area contributed by atoms with E-state index in [9.17, 15) is 4.39 Å². The van der Waals surface area contributed by atoms with E-state index >= 15 is 0 Å². The van der Waals surface area contributed by atoms with Crippen molar-refractivity contribution in [1.29, 1.82) is 0 Å². The van der Waals surface area contributed by atoms with Crippen LogP contribution in [-0.2, 0) is 0 Å². The van der Waals surface area contributed by atoms with Crippen molar-refractivity contribution in [1.82, 2.24) is 4.90 Å². The van der Waals surface area contributed by atoms with Gasteiger partial charge in [0, 0.05) is 25.2 Å². The molecule has 2 nitrogen and oxygen atoms in total. The molecule has 2 unspecified atom stereocenters. The average molecular weight is 290 g/mol. The number of aryl methyl sites for hydroxylation is 1. The van der Waals surface area contributed by atoms with Crippen LogP contribution in [0.1, 0.15) is 38.7 Å². The van der Waals surface area contributed by atoms with Crippen molar-refractivity contribution in [3.8, 4) is 0 Å². The molecule has 1 saturated heterocycles. The van der Waals surface area contributed by atoms with Crippen LogP contribution in [0.5, 0.6) is 0 Å². The highest BCUT2D eigenvalue weighted by Gasteiger charge is 2.40. The molecule has 116 valence electrons. The van der Waals surface area contributed by atoms with E-state index in [1.807, 2.05) is 19.1 Å². The summed E-state index contributed by atoms with van der Waals surface area (Å²) in [6, 6.07) is 6.57. The molecule has 1 heterocycles. The minimum atomic E-state index is -0.112. The topological polar surface area (TPSA) is 15.3 Å². The van der Waals surface area contributed by atoms with Gasteiger partial charge in [0.15, 0.2) is 0 Å². The number of rotatable bonds is 3. The average Bonchev–Trinajstić information content (AvgIpc) is 2.41. The maximum atomic E-state index is 14.1. The molecule has 0 amide bonds. The molecule has 1 aliphatic heterocycles. The third-order valence-corrected chi connectivity index (χ3v) is 5.28. The molecule has 2 aliphatic rings. The van der Waals surface area contributed by atoms with Gasteiger partial charge in [0.25, 0.3) is 0 Å². The number of benzene rings is 1. The Morgan fingerprint density at radius 3 is 2.43 bits per heavy atom. The normalized spacial score (nSPS) is 29.7. The van der Waals surface area contributed by atoms with Gasteiger partial charge in [-0.15, -0.1) is 0 Å². The fourth-order valence-electron chi connectivity index (χ4n) is 4.05. The first kappa shape index (κ1) is 14.8. The van der Waals surface area contributed by atoms with Crippen molar-refractivity contribution in [2.45, 2.75) is 52.1 Å². The predicted octanol–water partition coefficient (Wildman–Crippen LogP) is 4.05. The largest absolute Gasteiger partial charge is 0.379 e. The van der Waals surface area contributed by atoms with Crippen LogP contribution in [-0.4, -0.2) is 30.1 Å². The molecule has 2 bridgehead atoms. The molecule has 2 fully saturated rings. The highest BCUT2D eigenvalue weighted by atomic mass is 19.1. The molecule has 1 N–H and O–H groups in total. The molecule has 2 atom stereocenters. The van der Waals surface area contributed by atoms with Crippen LogP contribution in [0.2, 0.25) is 0 Å². The van der Waals surface area contributed by atoms with Crippen molar-refractivity contribution in [2.75, 3.05) is 18.4 Å². The van der Waals surface area contributed by atoms with Gasteiger partial charge in [0.1, 0.15) is 5.82 Å². The zero-order valence-corrected chi connectivity index (χ0v) is 13.4. The molecule has 1 aliphatic carbocycles. The van der Waals surface area contributed by atoms with E-state index in [-0.39, 0.29) is 5.82 Å². The quantitative estimate of drug-likeness (QED) is 0.903. The summed E-state index contributed by atoms with van der Waals surface area (Å²) in [6.07, 6.45) is 3.87. The number of hydrogen-bond acceptors (Lipinski definition) is 2. The second kappa shape index (κ2) is 5.96. The van der Waals surface area contributed by atoms with E-state index in [4.69, 9.17) is 0 Å². The Morgan fingerprint density at radius 2 is 1.86 bits per heavy atom. The highest BCUT2D eigenvalue weighted by Crippen LogP contribution is 2.37. The Bertz CT molecular complexity index is 486. The van der Waals surface area contributed by atoms with Gasteiger partial charge in [-0.3, -0.25) is 0 Å². The molecule has 3 heteroatoms. The number of nitrogens with one attached hydrogen (secondary N) is 1. The van der Waals surface area contributed by atoms with Gasteiger partial charge < -0.3 is 10.2 Å².